The van der Waals surface area contributed by atoms with Gasteiger partial charge in [-0.25, -0.2) is 0 Å². The van der Waals surface area contributed by atoms with Crippen LogP contribution < -0.4 is 10.6 Å². The van der Waals surface area contributed by atoms with E-state index < -0.39 is 0 Å². The Kier molecular flexibility index (Phi) is 3.45. The summed E-state index contributed by atoms with van der Waals surface area (Å²) in [5.74, 6) is 0.143. The highest BCUT2D eigenvalue weighted by Crippen LogP contribution is 2.31. The molecule has 1 aliphatic carbocycles. The van der Waals surface area contributed by atoms with Crippen molar-refractivity contribution in [2.24, 2.45) is 0 Å². The maximum Gasteiger partial charge on any atom is 0.219 e. The number of rotatable bonds is 4. The molecule has 1 saturated carbocycles. The van der Waals surface area contributed by atoms with Gasteiger partial charge in [-0.15, -0.1) is 0 Å². The summed E-state index contributed by atoms with van der Waals surface area (Å²) in [6, 6.07) is 6.30. The van der Waals surface area contributed by atoms with E-state index in [-0.39, 0.29) is 5.91 Å². The Morgan fingerprint density at radius 3 is 2.56 bits per heavy atom. The summed E-state index contributed by atoms with van der Waals surface area (Å²) in [4.78, 5) is 15.7. The van der Waals surface area contributed by atoms with Gasteiger partial charge in [-0.2, -0.15) is 0 Å². The molecule has 0 heterocycles. The monoisotopic (exact) mass is 247 g/mol. The molecule has 1 aromatic carbocycles. The van der Waals surface area contributed by atoms with E-state index in [1.807, 2.05) is 37.2 Å². The Bertz CT molecular complexity index is 452. The molecular weight excluding hydrogens is 226 g/mol. The van der Waals surface area contributed by atoms with Gasteiger partial charge in [-0.1, -0.05) is 0 Å². The van der Waals surface area contributed by atoms with Crippen molar-refractivity contribution in [3.63, 3.8) is 0 Å². The Balaban J connectivity index is 2.25. The zero-order chi connectivity index (χ0) is 13.3. The Morgan fingerprint density at radius 1 is 1.39 bits per heavy atom. The average molecular weight is 247 g/mol. The molecule has 1 aliphatic rings. The van der Waals surface area contributed by atoms with Gasteiger partial charge < -0.3 is 15.5 Å². The van der Waals surface area contributed by atoms with Crippen LogP contribution in [0.15, 0.2) is 18.2 Å². The van der Waals surface area contributed by atoms with E-state index >= 15 is 0 Å². The van der Waals surface area contributed by atoms with Crippen LogP contribution in [0.25, 0.3) is 0 Å². The summed E-state index contributed by atoms with van der Waals surface area (Å²) in [7, 11) is 4.01. The van der Waals surface area contributed by atoms with Crippen LogP contribution in [0.1, 0.15) is 25.3 Å². The molecule has 0 radical (unpaired) electrons. The normalized spacial score (nSPS) is 14.4. The van der Waals surface area contributed by atoms with Crippen LogP contribution in [-0.4, -0.2) is 30.9 Å². The number of nitrogens with zero attached hydrogens (tertiary/aromatic N) is 2. The molecule has 1 amide bonds. The lowest BCUT2D eigenvalue weighted by atomic mass is 10.1. The fourth-order valence-electron chi connectivity index (χ4n) is 2.24. The molecule has 0 saturated heterocycles. The number of amides is 1. The quantitative estimate of drug-likeness (QED) is 0.826. The molecule has 98 valence electrons. The van der Waals surface area contributed by atoms with Gasteiger partial charge in [0, 0.05) is 45.0 Å². The Labute approximate surface area is 108 Å². The summed E-state index contributed by atoms with van der Waals surface area (Å²) < 4.78 is 0. The van der Waals surface area contributed by atoms with Gasteiger partial charge in [0.2, 0.25) is 5.91 Å². The molecule has 0 spiro atoms. The first-order chi connectivity index (χ1) is 8.49. The number of hydrogen-bond donors (Lipinski definition) is 1. The fourth-order valence-corrected chi connectivity index (χ4v) is 2.24. The lowest BCUT2D eigenvalue weighted by Gasteiger charge is -2.25. The first kappa shape index (κ1) is 12.7. The Hall–Kier alpha value is -1.71. The third kappa shape index (κ3) is 2.75. The summed E-state index contributed by atoms with van der Waals surface area (Å²) >= 11 is 0. The van der Waals surface area contributed by atoms with Gasteiger partial charge in [0.05, 0.1) is 0 Å². The molecule has 4 nitrogen and oxygen atoms in total. The van der Waals surface area contributed by atoms with E-state index in [0.717, 1.165) is 29.8 Å². The summed E-state index contributed by atoms with van der Waals surface area (Å²) in [5, 5.41) is 0. The van der Waals surface area contributed by atoms with Gasteiger partial charge >= 0.3 is 0 Å². The average Bonchev–Trinajstić information content (AvgIpc) is 3.08. The third-order valence-electron chi connectivity index (χ3n) is 3.32. The van der Waals surface area contributed by atoms with Crippen molar-refractivity contribution in [1.29, 1.82) is 0 Å². The van der Waals surface area contributed by atoms with Crippen molar-refractivity contribution in [3.05, 3.63) is 23.8 Å². The smallest absolute Gasteiger partial charge is 0.219 e. The lowest BCUT2D eigenvalue weighted by Crippen LogP contribution is -2.31. The van der Waals surface area contributed by atoms with E-state index in [0.29, 0.717) is 12.6 Å². The van der Waals surface area contributed by atoms with E-state index in [4.69, 9.17) is 5.73 Å². The molecule has 0 bridgehead atoms. The van der Waals surface area contributed by atoms with Crippen molar-refractivity contribution in [1.82, 2.24) is 4.90 Å². The van der Waals surface area contributed by atoms with Crippen LogP contribution in [0.2, 0.25) is 0 Å². The van der Waals surface area contributed by atoms with Gasteiger partial charge in [0.1, 0.15) is 0 Å². The molecule has 1 aromatic rings. The molecule has 0 unspecified atom stereocenters. The predicted octanol–water partition coefficient (Wildman–Crippen LogP) is 1.85. The standard InChI is InChI=1S/C14H21N3O/c1-10(18)17(13-5-6-13)9-11-8-12(15)4-7-14(11)16(2)3/h4,7-8,13H,5-6,9,15H2,1-3H3. The molecule has 2 rings (SSSR count). The Morgan fingerprint density at radius 2 is 2.06 bits per heavy atom. The third-order valence-corrected chi connectivity index (χ3v) is 3.32. The van der Waals surface area contributed by atoms with Crippen molar-refractivity contribution >= 4 is 17.3 Å². The van der Waals surface area contributed by atoms with E-state index in [9.17, 15) is 4.79 Å². The number of nitrogen functional groups attached to an aromatic ring is 1. The molecule has 2 N–H and O–H groups in total. The minimum atomic E-state index is 0.143. The molecular formula is C14H21N3O. The van der Waals surface area contributed by atoms with E-state index in [1.165, 1.54) is 0 Å². The van der Waals surface area contributed by atoms with Crippen LogP contribution in [0.3, 0.4) is 0 Å². The number of carbonyl (C=O) groups is 1. The molecule has 0 atom stereocenters. The molecule has 0 aliphatic heterocycles. The maximum absolute atomic E-state index is 11.7. The van der Waals surface area contributed by atoms with E-state index in [2.05, 4.69) is 4.90 Å². The van der Waals surface area contributed by atoms with Crippen LogP contribution in [0.4, 0.5) is 11.4 Å². The number of hydrogen-bond acceptors (Lipinski definition) is 3. The first-order valence-corrected chi connectivity index (χ1v) is 6.32. The largest absolute Gasteiger partial charge is 0.399 e. The highest BCUT2D eigenvalue weighted by Gasteiger charge is 2.31. The second kappa shape index (κ2) is 4.88. The number of benzene rings is 1. The van der Waals surface area contributed by atoms with Crippen LogP contribution in [0, 0.1) is 0 Å². The van der Waals surface area contributed by atoms with Crippen LogP contribution >= 0.6 is 0 Å². The summed E-state index contributed by atoms with van der Waals surface area (Å²) in [6.07, 6.45) is 2.25. The number of carbonyl (C=O) groups excluding carboxylic acids is 1. The van der Waals surface area contributed by atoms with Gasteiger partial charge in [-0.3, -0.25) is 4.79 Å². The van der Waals surface area contributed by atoms with Crippen LogP contribution in [0.5, 0.6) is 0 Å². The fraction of sp³-hybridized carbons (Fsp3) is 0.500. The van der Waals surface area contributed by atoms with Crippen molar-refractivity contribution in [2.45, 2.75) is 32.4 Å². The van der Waals surface area contributed by atoms with Gasteiger partial charge in [0.25, 0.3) is 0 Å². The van der Waals surface area contributed by atoms with Crippen molar-refractivity contribution < 1.29 is 4.79 Å². The highest BCUT2D eigenvalue weighted by molar-refractivity contribution is 5.74. The minimum Gasteiger partial charge on any atom is -0.399 e. The van der Waals surface area contributed by atoms with Gasteiger partial charge in [-0.05, 0) is 36.6 Å². The lowest BCUT2D eigenvalue weighted by molar-refractivity contribution is -0.130. The summed E-state index contributed by atoms with van der Waals surface area (Å²) in [6.45, 7) is 2.29. The van der Waals surface area contributed by atoms with Crippen molar-refractivity contribution in [3.8, 4) is 0 Å². The zero-order valence-electron chi connectivity index (χ0n) is 11.3. The maximum atomic E-state index is 11.7. The first-order valence-electron chi connectivity index (χ1n) is 6.32. The van der Waals surface area contributed by atoms with Gasteiger partial charge in [0.15, 0.2) is 0 Å². The molecule has 18 heavy (non-hydrogen) atoms. The number of anilines is 2. The summed E-state index contributed by atoms with van der Waals surface area (Å²) in [5.41, 5.74) is 8.83. The topological polar surface area (TPSA) is 49.6 Å². The van der Waals surface area contributed by atoms with E-state index in [1.54, 1.807) is 6.92 Å². The molecule has 0 aromatic heterocycles. The minimum absolute atomic E-state index is 0.143. The number of nitrogens with two attached hydrogens (primary N) is 1. The predicted molar refractivity (Wildman–Crippen MR) is 74.4 cm³/mol. The molecule has 1 fully saturated rings. The SMILES string of the molecule is CC(=O)N(Cc1cc(N)ccc1N(C)C)C1CC1. The highest BCUT2D eigenvalue weighted by atomic mass is 16.2. The molecule has 4 heteroatoms. The second-order valence-electron chi connectivity index (χ2n) is 5.16. The second-order valence-corrected chi connectivity index (χ2v) is 5.16. The van der Waals surface area contributed by atoms with Crippen molar-refractivity contribution in [2.75, 3.05) is 24.7 Å². The van der Waals surface area contributed by atoms with Crippen LogP contribution in [-0.2, 0) is 11.3 Å². The zero-order valence-corrected chi connectivity index (χ0v) is 11.3.